The number of nitrogens with zero attached hydrogens (tertiary/aromatic N) is 1. The second-order valence-electron chi connectivity index (χ2n) is 10.0. The van der Waals surface area contributed by atoms with Gasteiger partial charge in [-0.05, 0) is 49.5 Å². The number of carbonyl (C=O) groups excluding carboxylic acids is 1. The maximum Gasteiger partial charge on any atom is 0.410 e. The van der Waals surface area contributed by atoms with Crippen molar-refractivity contribution in [1.82, 2.24) is 10.3 Å². The molecule has 1 heterocycles. The SMILES string of the molecule is COc1ccc(CC(NC(=O)OC(C)(C)C)(O[Si](C(C)C)(C(C)C)C(C)C)C(=O)O)nc1. The number of aliphatic carboxylic acids is 1. The Labute approximate surface area is 193 Å². The molecule has 0 bridgehead atoms. The van der Waals surface area contributed by atoms with Crippen LogP contribution in [0.5, 0.6) is 5.75 Å². The Kier molecular flexibility index (Phi) is 9.29. The highest BCUT2D eigenvalue weighted by molar-refractivity contribution is 6.77. The molecule has 0 aliphatic carbocycles. The predicted molar refractivity (Wildman–Crippen MR) is 126 cm³/mol. The molecule has 182 valence electrons. The van der Waals surface area contributed by atoms with Crippen LogP contribution in [-0.4, -0.2) is 48.9 Å². The van der Waals surface area contributed by atoms with Crippen LogP contribution in [0.15, 0.2) is 18.3 Å². The van der Waals surface area contributed by atoms with Gasteiger partial charge in [-0.2, -0.15) is 0 Å². The molecule has 0 aliphatic rings. The van der Waals surface area contributed by atoms with E-state index in [1.165, 1.54) is 13.3 Å². The Morgan fingerprint density at radius 2 is 1.59 bits per heavy atom. The van der Waals surface area contributed by atoms with Crippen LogP contribution in [0.4, 0.5) is 4.79 Å². The number of nitrogens with one attached hydrogen (secondary N) is 1. The average Bonchev–Trinajstić information content (AvgIpc) is 2.63. The van der Waals surface area contributed by atoms with Gasteiger partial charge in [0.15, 0.2) is 0 Å². The van der Waals surface area contributed by atoms with Gasteiger partial charge in [-0.15, -0.1) is 0 Å². The lowest BCUT2D eigenvalue weighted by atomic mass is 10.1. The van der Waals surface area contributed by atoms with Crippen LogP contribution in [0.25, 0.3) is 0 Å². The van der Waals surface area contributed by atoms with Crippen LogP contribution in [-0.2, 0) is 20.4 Å². The van der Waals surface area contributed by atoms with Gasteiger partial charge in [0.1, 0.15) is 11.4 Å². The molecule has 32 heavy (non-hydrogen) atoms. The van der Waals surface area contributed by atoms with Crippen molar-refractivity contribution >= 4 is 20.4 Å². The van der Waals surface area contributed by atoms with Crippen molar-refractivity contribution in [3.63, 3.8) is 0 Å². The predicted octanol–water partition coefficient (Wildman–Crippen LogP) is 5.13. The van der Waals surface area contributed by atoms with Gasteiger partial charge in [-0.25, -0.2) is 9.59 Å². The Balaban J connectivity index is 3.59. The van der Waals surface area contributed by atoms with Crippen molar-refractivity contribution in [2.75, 3.05) is 7.11 Å². The minimum absolute atomic E-state index is 0.102. The number of aromatic nitrogens is 1. The summed E-state index contributed by atoms with van der Waals surface area (Å²) in [5, 5.41) is 13.0. The minimum Gasteiger partial charge on any atom is -0.495 e. The molecule has 0 spiro atoms. The molecule has 1 amide bonds. The molecule has 0 fully saturated rings. The van der Waals surface area contributed by atoms with Gasteiger partial charge < -0.3 is 19.0 Å². The van der Waals surface area contributed by atoms with Crippen LogP contribution in [0.2, 0.25) is 16.6 Å². The van der Waals surface area contributed by atoms with Gasteiger partial charge >= 0.3 is 12.1 Å². The summed E-state index contributed by atoms with van der Waals surface area (Å²) in [6.45, 7) is 17.5. The number of rotatable bonds is 10. The maximum atomic E-state index is 12.8. The topological polar surface area (TPSA) is 107 Å². The largest absolute Gasteiger partial charge is 0.495 e. The van der Waals surface area contributed by atoms with Gasteiger partial charge in [0, 0.05) is 12.1 Å². The molecular formula is C23H40N2O6Si. The van der Waals surface area contributed by atoms with Gasteiger partial charge in [-0.1, -0.05) is 41.5 Å². The molecule has 1 rings (SSSR count). The third-order valence-corrected chi connectivity index (χ3v) is 11.7. The number of methoxy groups -OCH3 is 1. The van der Waals surface area contributed by atoms with Gasteiger partial charge in [0.25, 0.3) is 0 Å². The Morgan fingerprint density at radius 3 is 1.94 bits per heavy atom. The second kappa shape index (κ2) is 10.7. The summed E-state index contributed by atoms with van der Waals surface area (Å²) in [4.78, 5) is 29.9. The zero-order valence-corrected chi connectivity index (χ0v) is 22.1. The zero-order chi connectivity index (χ0) is 24.9. The molecule has 0 saturated heterocycles. The molecule has 1 aromatic rings. The fraction of sp³-hybridized carbons (Fsp3) is 0.696. The molecule has 0 saturated carbocycles. The molecule has 1 aromatic heterocycles. The van der Waals surface area contributed by atoms with Crippen molar-refractivity contribution in [1.29, 1.82) is 0 Å². The number of hydrogen-bond donors (Lipinski definition) is 2. The van der Waals surface area contributed by atoms with Crippen molar-refractivity contribution in [3.8, 4) is 5.75 Å². The second-order valence-corrected chi connectivity index (χ2v) is 15.4. The molecule has 0 aliphatic heterocycles. The molecule has 9 heteroatoms. The van der Waals surface area contributed by atoms with Crippen LogP contribution in [0, 0.1) is 0 Å². The van der Waals surface area contributed by atoms with Crippen LogP contribution >= 0.6 is 0 Å². The summed E-state index contributed by atoms with van der Waals surface area (Å²) in [6.07, 6.45) is 0.493. The van der Waals surface area contributed by atoms with E-state index in [1.54, 1.807) is 32.9 Å². The fourth-order valence-corrected chi connectivity index (χ4v) is 9.81. The van der Waals surface area contributed by atoms with E-state index in [2.05, 4.69) is 51.8 Å². The van der Waals surface area contributed by atoms with E-state index < -0.39 is 31.7 Å². The molecule has 1 unspecified atom stereocenters. The Morgan fingerprint density at radius 1 is 1.06 bits per heavy atom. The molecule has 8 nitrogen and oxygen atoms in total. The summed E-state index contributed by atoms with van der Waals surface area (Å²) in [5.41, 5.74) is -2.07. The van der Waals surface area contributed by atoms with E-state index in [4.69, 9.17) is 13.9 Å². The lowest BCUT2D eigenvalue weighted by molar-refractivity contribution is -0.160. The van der Waals surface area contributed by atoms with Crippen molar-refractivity contribution in [2.24, 2.45) is 0 Å². The Bertz CT molecular complexity index is 752. The summed E-state index contributed by atoms with van der Waals surface area (Å²) in [7, 11) is -1.20. The smallest absolute Gasteiger partial charge is 0.410 e. The number of amides is 1. The highest BCUT2D eigenvalue weighted by atomic mass is 28.4. The maximum absolute atomic E-state index is 12.8. The monoisotopic (exact) mass is 468 g/mol. The van der Waals surface area contributed by atoms with E-state index in [-0.39, 0.29) is 23.0 Å². The highest BCUT2D eigenvalue weighted by Crippen LogP contribution is 2.45. The highest BCUT2D eigenvalue weighted by Gasteiger charge is 2.55. The molecule has 1 atom stereocenters. The van der Waals surface area contributed by atoms with Crippen LogP contribution < -0.4 is 10.1 Å². The first kappa shape index (κ1) is 27.9. The van der Waals surface area contributed by atoms with E-state index >= 15 is 0 Å². The first-order valence-corrected chi connectivity index (χ1v) is 13.2. The number of carboxylic acid groups (broad SMARTS) is 1. The normalized spacial score (nSPS) is 14.4. The van der Waals surface area contributed by atoms with E-state index in [9.17, 15) is 14.7 Å². The van der Waals surface area contributed by atoms with Crippen molar-refractivity contribution in [2.45, 2.75) is 96.7 Å². The number of carboxylic acids is 1. The quantitative estimate of drug-likeness (QED) is 0.362. The van der Waals surface area contributed by atoms with Crippen LogP contribution in [0.1, 0.15) is 68.0 Å². The third-order valence-electron chi connectivity index (χ3n) is 5.57. The minimum atomic E-state index is -2.73. The van der Waals surface area contributed by atoms with Gasteiger partial charge in [0.05, 0.1) is 13.3 Å². The number of ether oxygens (including phenoxy) is 2. The number of hydrogen-bond acceptors (Lipinski definition) is 6. The standard InChI is InChI=1S/C23H40N2O6Si/c1-15(2)32(16(3)4,17(5)6)31-23(20(26)27,25-21(28)30-22(7,8)9)13-18-11-12-19(29-10)14-24-18/h11-12,14-17H,13H2,1-10H3,(H,25,28)(H,26,27). The molecule has 0 aromatic carbocycles. The van der Waals surface area contributed by atoms with E-state index in [0.29, 0.717) is 11.4 Å². The average molecular weight is 469 g/mol. The van der Waals surface area contributed by atoms with Crippen molar-refractivity contribution < 1.29 is 28.6 Å². The number of carbonyl (C=O) groups is 2. The van der Waals surface area contributed by atoms with Gasteiger partial charge in [-0.3, -0.25) is 10.3 Å². The Hall–Kier alpha value is -2.13. The first-order valence-electron chi connectivity index (χ1n) is 11.0. The molecular weight excluding hydrogens is 428 g/mol. The van der Waals surface area contributed by atoms with E-state index in [1.807, 2.05) is 0 Å². The lowest BCUT2D eigenvalue weighted by Gasteiger charge is -2.47. The number of alkyl carbamates (subject to hydrolysis) is 1. The van der Waals surface area contributed by atoms with Gasteiger partial charge in [0.2, 0.25) is 14.0 Å². The zero-order valence-electron chi connectivity index (χ0n) is 21.1. The molecule has 0 radical (unpaired) electrons. The fourth-order valence-electron chi connectivity index (χ4n) is 4.29. The first-order chi connectivity index (χ1) is 14.6. The lowest BCUT2D eigenvalue weighted by Crippen LogP contribution is -2.66. The third kappa shape index (κ3) is 6.68. The summed E-state index contributed by atoms with van der Waals surface area (Å²) in [6, 6.07) is 3.36. The van der Waals surface area contributed by atoms with Crippen LogP contribution in [0.3, 0.4) is 0 Å². The van der Waals surface area contributed by atoms with Crippen molar-refractivity contribution in [3.05, 3.63) is 24.0 Å². The number of pyridine rings is 1. The summed E-state index contributed by atoms with van der Waals surface area (Å²) in [5.74, 6) is -0.745. The van der Waals surface area contributed by atoms with E-state index in [0.717, 1.165) is 0 Å². The molecule has 2 N–H and O–H groups in total. The summed E-state index contributed by atoms with van der Waals surface area (Å²) >= 11 is 0. The summed E-state index contributed by atoms with van der Waals surface area (Å²) < 4.78 is 17.2.